The summed E-state index contributed by atoms with van der Waals surface area (Å²) < 4.78 is 5.45. The zero-order valence-corrected chi connectivity index (χ0v) is 11.7. The first-order valence-electron chi connectivity index (χ1n) is 6.76. The van der Waals surface area contributed by atoms with Crippen LogP contribution in [0.3, 0.4) is 0 Å². The Morgan fingerprint density at radius 3 is 2.86 bits per heavy atom. The lowest BCUT2D eigenvalue weighted by Crippen LogP contribution is -2.06. The number of pyridine rings is 1. The van der Waals surface area contributed by atoms with Crippen LogP contribution in [0.2, 0.25) is 0 Å². The van der Waals surface area contributed by atoms with E-state index in [4.69, 9.17) is 10.5 Å². The van der Waals surface area contributed by atoms with Gasteiger partial charge in [0.15, 0.2) is 5.82 Å². The molecule has 0 aliphatic rings. The van der Waals surface area contributed by atoms with Gasteiger partial charge in [0.25, 0.3) is 0 Å². The van der Waals surface area contributed by atoms with Crippen molar-refractivity contribution in [3.8, 4) is 17.4 Å². The third-order valence-corrected chi connectivity index (χ3v) is 2.95. The Morgan fingerprint density at radius 1 is 1.10 bits per heavy atom. The van der Waals surface area contributed by atoms with Gasteiger partial charge in [0.05, 0.1) is 12.1 Å². The molecule has 0 unspecified atom stereocenters. The molecule has 6 heteroatoms. The molecule has 0 saturated carbocycles. The standard InChI is InChI=1S/C15H15N5O/c1-2-9-21-15-19-13(18-14(16)20-15)11-5-3-7-12-10(11)6-4-8-17-12/h3-8H,2,9H2,1H3,(H2,16,18,19,20). The topological polar surface area (TPSA) is 86.8 Å². The number of rotatable bonds is 4. The van der Waals surface area contributed by atoms with Crippen molar-refractivity contribution in [1.82, 2.24) is 19.9 Å². The van der Waals surface area contributed by atoms with Gasteiger partial charge in [-0.15, -0.1) is 0 Å². The van der Waals surface area contributed by atoms with Crippen LogP contribution in [0.25, 0.3) is 22.3 Å². The maximum absolute atomic E-state index is 5.75. The molecule has 0 fully saturated rings. The van der Waals surface area contributed by atoms with Crippen LogP contribution in [-0.2, 0) is 0 Å². The van der Waals surface area contributed by atoms with E-state index < -0.39 is 0 Å². The molecule has 0 spiro atoms. The van der Waals surface area contributed by atoms with Gasteiger partial charge < -0.3 is 10.5 Å². The molecule has 0 aliphatic heterocycles. The minimum absolute atomic E-state index is 0.145. The van der Waals surface area contributed by atoms with E-state index in [9.17, 15) is 0 Å². The van der Waals surface area contributed by atoms with Gasteiger partial charge in [0.2, 0.25) is 5.95 Å². The van der Waals surface area contributed by atoms with Crippen LogP contribution >= 0.6 is 0 Å². The van der Waals surface area contributed by atoms with Crippen LogP contribution in [0, 0.1) is 0 Å². The molecule has 21 heavy (non-hydrogen) atoms. The molecule has 2 heterocycles. The predicted molar refractivity (Wildman–Crippen MR) is 80.8 cm³/mol. The number of nitrogen functional groups attached to an aromatic ring is 1. The fraction of sp³-hybridized carbons (Fsp3) is 0.200. The van der Waals surface area contributed by atoms with Gasteiger partial charge in [-0.05, 0) is 18.6 Å². The third kappa shape index (κ3) is 2.74. The lowest BCUT2D eigenvalue weighted by molar-refractivity contribution is 0.292. The maximum atomic E-state index is 5.75. The van der Waals surface area contributed by atoms with Crippen molar-refractivity contribution in [2.45, 2.75) is 13.3 Å². The Morgan fingerprint density at radius 2 is 2.00 bits per heavy atom. The van der Waals surface area contributed by atoms with Crippen molar-refractivity contribution in [3.63, 3.8) is 0 Å². The fourth-order valence-electron chi connectivity index (χ4n) is 2.05. The second kappa shape index (κ2) is 5.70. The van der Waals surface area contributed by atoms with E-state index in [1.165, 1.54) is 0 Å². The van der Waals surface area contributed by atoms with Crippen LogP contribution in [0.1, 0.15) is 13.3 Å². The van der Waals surface area contributed by atoms with E-state index in [-0.39, 0.29) is 12.0 Å². The largest absolute Gasteiger partial charge is 0.463 e. The van der Waals surface area contributed by atoms with Crippen molar-refractivity contribution in [1.29, 1.82) is 0 Å². The van der Waals surface area contributed by atoms with Crippen molar-refractivity contribution in [2.24, 2.45) is 0 Å². The van der Waals surface area contributed by atoms with Gasteiger partial charge in [-0.1, -0.05) is 25.1 Å². The molecule has 0 bridgehead atoms. The Hall–Kier alpha value is -2.76. The average Bonchev–Trinajstić information content (AvgIpc) is 2.52. The van der Waals surface area contributed by atoms with Gasteiger partial charge in [-0.2, -0.15) is 15.0 Å². The molecule has 0 aliphatic carbocycles. The second-order valence-electron chi connectivity index (χ2n) is 4.52. The molecular weight excluding hydrogens is 266 g/mol. The number of anilines is 1. The number of hydrogen-bond acceptors (Lipinski definition) is 6. The minimum Gasteiger partial charge on any atom is -0.463 e. The summed E-state index contributed by atoms with van der Waals surface area (Å²) in [6, 6.07) is 9.90. The van der Waals surface area contributed by atoms with E-state index in [2.05, 4.69) is 19.9 Å². The normalized spacial score (nSPS) is 10.7. The number of nitrogens with zero attached hydrogens (tertiary/aromatic N) is 4. The Balaban J connectivity index is 2.12. The molecule has 106 valence electrons. The number of fused-ring (bicyclic) bond motifs is 1. The molecule has 0 amide bonds. The molecule has 6 nitrogen and oxygen atoms in total. The SMILES string of the molecule is CCCOc1nc(N)nc(-c2cccc3ncccc23)n1. The molecule has 0 radical (unpaired) electrons. The summed E-state index contributed by atoms with van der Waals surface area (Å²) in [5.41, 5.74) is 7.49. The van der Waals surface area contributed by atoms with Gasteiger partial charge in [0, 0.05) is 17.1 Å². The monoisotopic (exact) mass is 281 g/mol. The van der Waals surface area contributed by atoms with Crippen molar-refractivity contribution in [3.05, 3.63) is 36.5 Å². The van der Waals surface area contributed by atoms with E-state index in [0.717, 1.165) is 22.9 Å². The van der Waals surface area contributed by atoms with Gasteiger partial charge in [-0.3, -0.25) is 4.98 Å². The summed E-state index contributed by atoms with van der Waals surface area (Å²) >= 11 is 0. The number of ether oxygens (including phenoxy) is 1. The molecule has 2 aromatic heterocycles. The predicted octanol–water partition coefficient (Wildman–Crippen LogP) is 2.46. The lowest BCUT2D eigenvalue weighted by atomic mass is 10.1. The molecule has 1 aromatic carbocycles. The quantitative estimate of drug-likeness (QED) is 0.790. The van der Waals surface area contributed by atoms with Crippen LogP contribution in [0.15, 0.2) is 36.5 Å². The first-order valence-corrected chi connectivity index (χ1v) is 6.76. The van der Waals surface area contributed by atoms with Crippen LogP contribution in [0.4, 0.5) is 5.95 Å². The summed E-state index contributed by atoms with van der Waals surface area (Å²) in [6.45, 7) is 2.56. The lowest BCUT2D eigenvalue weighted by Gasteiger charge is -2.07. The molecule has 3 rings (SSSR count). The van der Waals surface area contributed by atoms with Crippen molar-refractivity contribution >= 4 is 16.9 Å². The molecule has 0 atom stereocenters. The number of aromatic nitrogens is 4. The first kappa shape index (κ1) is 13.2. The number of hydrogen-bond donors (Lipinski definition) is 1. The van der Waals surface area contributed by atoms with Gasteiger partial charge in [-0.25, -0.2) is 0 Å². The molecular formula is C15H15N5O. The third-order valence-electron chi connectivity index (χ3n) is 2.95. The number of nitrogens with two attached hydrogens (primary N) is 1. The summed E-state index contributed by atoms with van der Waals surface area (Å²) in [7, 11) is 0. The van der Waals surface area contributed by atoms with Crippen LogP contribution < -0.4 is 10.5 Å². The molecule has 2 N–H and O–H groups in total. The van der Waals surface area contributed by atoms with E-state index >= 15 is 0 Å². The van der Waals surface area contributed by atoms with E-state index in [1.807, 2.05) is 37.3 Å². The summed E-state index contributed by atoms with van der Waals surface area (Å²) in [5.74, 6) is 0.638. The highest BCUT2D eigenvalue weighted by molar-refractivity contribution is 5.92. The molecule has 0 saturated heterocycles. The first-order chi connectivity index (χ1) is 10.3. The van der Waals surface area contributed by atoms with E-state index in [0.29, 0.717) is 12.4 Å². The Bertz CT molecular complexity index is 770. The maximum Gasteiger partial charge on any atom is 0.321 e. The van der Waals surface area contributed by atoms with Gasteiger partial charge in [0.1, 0.15) is 0 Å². The summed E-state index contributed by atoms with van der Waals surface area (Å²) in [5, 5.41) is 0.965. The summed E-state index contributed by atoms with van der Waals surface area (Å²) in [6.07, 6.45) is 2.63. The smallest absolute Gasteiger partial charge is 0.321 e. The zero-order valence-electron chi connectivity index (χ0n) is 11.7. The van der Waals surface area contributed by atoms with Crippen molar-refractivity contribution in [2.75, 3.05) is 12.3 Å². The fourth-order valence-corrected chi connectivity index (χ4v) is 2.05. The highest BCUT2D eigenvalue weighted by Crippen LogP contribution is 2.26. The zero-order chi connectivity index (χ0) is 14.7. The Labute approximate surface area is 122 Å². The highest BCUT2D eigenvalue weighted by Gasteiger charge is 2.11. The highest BCUT2D eigenvalue weighted by atomic mass is 16.5. The van der Waals surface area contributed by atoms with Gasteiger partial charge >= 0.3 is 6.01 Å². The second-order valence-corrected chi connectivity index (χ2v) is 4.52. The van der Waals surface area contributed by atoms with Crippen LogP contribution in [-0.4, -0.2) is 26.5 Å². The van der Waals surface area contributed by atoms with Crippen molar-refractivity contribution < 1.29 is 4.74 Å². The molecule has 3 aromatic rings. The van der Waals surface area contributed by atoms with Crippen LogP contribution in [0.5, 0.6) is 6.01 Å². The Kier molecular flexibility index (Phi) is 3.59. The van der Waals surface area contributed by atoms with E-state index in [1.54, 1.807) is 6.20 Å². The number of benzene rings is 1. The summed E-state index contributed by atoms with van der Waals surface area (Å²) in [4.78, 5) is 16.9. The average molecular weight is 281 g/mol. The minimum atomic E-state index is 0.145.